The lowest BCUT2D eigenvalue weighted by Crippen LogP contribution is -2.23. The minimum atomic E-state index is -2.46. The number of nitrogens with two attached hydrogens (primary N) is 2. The zero-order valence-corrected chi connectivity index (χ0v) is 10.1. The average molecular weight is 262 g/mol. The fourth-order valence-electron chi connectivity index (χ4n) is 1.15. The predicted molar refractivity (Wildman–Crippen MR) is 63.4 cm³/mol. The summed E-state index contributed by atoms with van der Waals surface area (Å²) in [5.74, 6) is 0.0846. The molecule has 1 unspecified atom stereocenters. The van der Waals surface area contributed by atoms with Crippen LogP contribution in [0.5, 0.6) is 0 Å². The quantitative estimate of drug-likeness (QED) is 0.346. The van der Waals surface area contributed by atoms with Crippen molar-refractivity contribution in [1.29, 1.82) is 0 Å². The van der Waals surface area contributed by atoms with Crippen LogP contribution in [0.25, 0.3) is 0 Å². The van der Waals surface area contributed by atoms with Gasteiger partial charge in [-0.15, -0.1) is 0 Å². The Bertz CT molecular complexity index is 345. The van der Waals surface area contributed by atoms with Crippen LogP contribution in [-0.4, -0.2) is 31.0 Å². The Morgan fingerprint density at radius 2 is 1.88 bits per heavy atom. The van der Waals surface area contributed by atoms with Gasteiger partial charge in [0, 0.05) is 0 Å². The number of rotatable bonds is 6. The van der Waals surface area contributed by atoms with E-state index >= 15 is 0 Å². The molecule has 7 N–H and O–H groups in total. The summed E-state index contributed by atoms with van der Waals surface area (Å²) in [5.41, 5.74) is 10.8. The summed E-state index contributed by atoms with van der Waals surface area (Å²) in [6, 6.07) is 0. The van der Waals surface area contributed by atoms with Crippen molar-refractivity contribution in [1.82, 2.24) is 15.0 Å². The molecule has 0 saturated heterocycles. The van der Waals surface area contributed by atoms with Gasteiger partial charge in [0.05, 0.1) is 0 Å². The highest BCUT2D eigenvalue weighted by molar-refractivity contribution is 7.39. The molecule has 96 valence electrons. The second-order valence-electron chi connectivity index (χ2n) is 3.16. The monoisotopic (exact) mass is 262 g/mol. The van der Waals surface area contributed by atoms with E-state index in [1.807, 2.05) is 6.92 Å². The molecule has 0 aromatic carbocycles. The van der Waals surface area contributed by atoms with Gasteiger partial charge in [-0.3, -0.25) is 4.52 Å². The van der Waals surface area contributed by atoms with Gasteiger partial charge in [-0.25, -0.2) is 0 Å². The fourth-order valence-corrected chi connectivity index (χ4v) is 1.53. The Balaban J connectivity index is 2.70. The number of hydrogen-bond acceptors (Lipinski definition) is 9. The normalized spacial score (nSPS) is 12.7. The summed E-state index contributed by atoms with van der Waals surface area (Å²) in [4.78, 5) is 28.8. The van der Waals surface area contributed by atoms with Crippen LogP contribution in [0.1, 0.15) is 19.8 Å². The first kappa shape index (κ1) is 13.8. The molecule has 1 aromatic rings. The lowest BCUT2D eigenvalue weighted by Gasteiger charge is -2.18. The van der Waals surface area contributed by atoms with Gasteiger partial charge in [0.2, 0.25) is 17.8 Å². The molecule has 0 fully saturated rings. The van der Waals surface area contributed by atoms with E-state index in [0.717, 1.165) is 6.42 Å². The first-order valence-corrected chi connectivity index (χ1v) is 6.06. The molecule has 1 aromatic heterocycles. The highest BCUT2D eigenvalue weighted by atomic mass is 31.2. The standard InChI is InChI=1S/C7H15N6O3P/c1-2-3-4(16-17(14)15)10-7-12-5(8)11-6(9)13-7/h4,14-15H,2-3H2,1H3,(H5,8,9,10,11,12,13). The van der Waals surface area contributed by atoms with Crippen molar-refractivity contribution in [3.63, 3.8) is 0 Å². The van der Waals surface area contributed by atoms with Crippen LogP contribution in [0.3, 0.4) is 0 Å². The highest BCUT2D eigenvalue weighted by Gasteiger charge is 2.14. The number of anilines is 3. The summed E-state index contributed by atoms with van der Waals surface area (Å²) >= 11 is 0. The molecular weight excluding hydrogens is 247 g/mol. The lowest BCUT2D eigenvalue weighted by atomic mass is 10.3. The maximum Gasteiger partial charge on any atom is 0.329 e. The summed E-state index contributed by atoms with van der Waals surface area (Å²) < 4.78 is 4.86. The molecule has 10 heteroatoms. The molecule has 17 heavy (non-hydrogen) atoms. The summed E-state index contributed by atoms with van der Waals surface area (Å²) in [7, 11) is -2.46. The van der Waals surface area contributed by atoms with E-state index in [2.05, 4.69) is 20.3 Å². The van der Waals surface area contributed by atoms with E-state index in [-0.39, 0.29) is 17.8 Å². The maximum absolute atomic E-state index is 8.79. The molecule has 1 heterocycles. The molecule has 0 radical (unpaired) electrons. The molecule has 0 aliphatic carbocycles. The number of nitrogens with one attached hydrogen (secondary N) is 1. The number of nitrogens with zero attached hydrogens (tertiary/aromatic N) is 3. The molecule has 1 atom stereocenters. The molecule has 0 saturated carbocycles. The van der Waals surface area contributed by atoms with E-state index in [1.165, 1.54) is 0 Å². The highest BCUT2D eigenvalue weighted by Crippen LogP contribution is 2.28. The molecular formula is C7H15N6O3P. The van der Waals surface area contributed by atoms with Crippen LogP contribution in [0.4, 0.5) is 17.8 Å². The van der Waals surface area contributed by atoms with Crippen molar-refractivity contribution in [3.8, 4) is 0 Å². The van der Waals surface area contributed by atoms with Crippen LogP contribution in [-0.2, 0) is 4.52 Å². The van der Waals surface area contributed by atoms with Crippen molar-refractivity contribution in [3.05, 3.63) is 0 Å². The van der Waals surface area contributed by atoms with Crippen molar-refractivity contribution >= 4 is 26.4 Å². The Labute approximate surface area is 99.2 Å². The minimum absolute atomic E-state index is 0.0227. The number of nitrogen functional groups attached to an aromatic ring is 2. The van der Waals surface area contributed by atoms with Crippen molar-refractivity contribution in [2.75, 3.05) is 16.8 Å². The van der Waals surface area contributed by atoms with Crippen LogP contribution in [0.15, 0.2) is 0 Å². The molecule has 0 spiro atoms. The first-order valence-electron chi connectivity index (χ1n) is 4.89. The second-order valence-corrected chi connectivity index (χ2v) is 3.87. The number of hydrogen-bond donors (Lipinski definition) is 5. The van der Waals surface area contributed by atoms with Gasteiger partial charge in [-0.05, 0) is 6.42 Å². The van der Waals surface area contributed by atoms with Gasteiger partial charge < -0.3 is 26.6 Å². The van der Waals surface area contributed by atoms with Crippen LogP contribution in [0.2, 0.25) is 0 Å². The Hall–Kier alpha value is -1.28. The molecule has 0 aliphatic heterocycles. The van der Waals surface area contributed by atoms with Gasteiger partial charge >= 0.3 is 8.60 Å². The van der Waals surface area contributed by atoms with Gasteiger partial charge in [0.25, 0.3) is 0 Å². The van der Waals surface area contributed by atoms with Crippen molar-refractivity contribution in [2.45, 2.75) is 26.0 Å². The van der Waals surface area contributed by atoms with E-state index in [1.54, 1.807) is 0 Å². The zero-order valence-electron chi connectivity index (χ0n) is 9.24. The summed E-state index contributed by atoms with van der Waals surface area (Å²) in [6.45, 7) is 1.92. The predicted octanol–water partition coefficient (Wildman–Crippen LogP) is -0.198. The van der Waals surface area contributed by atoms with Gasteiger partial charge in [-0.1, -0.05) is 13.3 Å². The van der Waals surface area contributed by atoms with Gasteiger partial charge in [0.15, 0.2) is 0 Å². The topological polar surface area (TPSA) is 152 Å². The van der Waals surface area contributed by atoms with E-state index in [4.69, 9.17) is 25.8 Å². The summed E-state index contributed by atoms with van der Waals surface area (Å²) in [6.07, 6.45) is 0.699. The van der Waals surface area contributed by atoms with Gasteiger partial charge in [0.1, 0.15) is 6.23 Å². The van der Waals surface area contributed by atoms with E-state index in [9.17, 15) is 0 Å². The van der Waals surface area contributed by atoms with E-state index < -0.39 is 14.8 Å². The third-order valence-corrected chi connectivity index (χ3v) is 2.18. The van der Waals surface area contributed by atoms with Crippen LogP contribution >= 0.6 is 8.60 Å². The summed E-state index contributed by atoms with van der Waals surface area (Å²) in [5, 5.41) is 2.74. The van der Waals surface area contributed by atoms with Crippen LogP contribution in [0, 0.1) is 0 Å². The second kappa shape index (κ2) is 6.45. The molecule has 0 bridgehead atoms. The zero-order chi connectivity index (χ0) is 12.8. The fraction of sp³-hybridized carbons (Fsp3) is 0.571. The molecule has 9 nitrogen and oxygen atoms in total. The number of aromatic nitrogens is 3. The minimum Gasteiger partial charge on any atom is -0.368 e. The lowest BCUT2D eigenvalue weighted by molar-refractivity contribution is 0.183. The maximum atomic E-state index is 8.79. The van der Waals surface area contributed by atoms with Crippen LogP contribution < -0.4 is 16.8 Å². The Morgan fingerprint density at radius 3 is 2.35 bits per heavy atom. The smallest absolute Gasteiger partial charge is 0.329 e. The molecule has 1 rings (SSSR count). The van der Waals surface area contributed by atoms with E-state index in [0.29, 0.717) is 6.42 Å². The van der Waals surface area contributed by atoms with Crippen molar-refractivity contribution < 1.29 is 14.3 Å². The van der Waals surface area contributed by atoms with Gasteiger partial charge in [-0.2, -0.15) is 15.0 Å². The SMILES string of the molecule is CCCC(Nc1nc(N)nc(N)n1)OP(O)O. The Morgan fingerprint density at radius 1 is 1.29 bits per heavy atom. The van der Waals surface area contributed by atoms with Crippen molar-refractivity contribution in [2.24, 2.45) is 0 Å². The third kappa shape index (κ3) is 5.05. The first-order chi connectivity index (χ1) is 8.01. The Kier molecular flexibility index (Phi) is 5.23. The molecule has 0 amide bonds. The molecule has 0 aliphatic rings. The average Bonchev–Trinajstić information content (AvgIpc) is 2.14. The third-order valence-electron chi connectivity index (χ3n) is 1.73. The largest absolute Gasteiger partial charge is 0.368 e.